The zero-order valence-corrected chi connectivity index (χ0v) is 17.7. The first-order valence-electron chi connectivity index (χ1n) is 11.6. The van der Waals surface area contributed by atoms with Gasteiger partial charge in [0.05, 0.1) is 0 Å². The molecule has 0 aliphatic heterocycles. The van der Waals surface area contributed by atoms with Gasteiger partial charge in [-0.3, -0.25) is 4.79 Å². The molecule has 0 aromatic rings. The minimum atomic E-state index is -0.653. The third-order valence-corrected chi connectivity index (χ3v) is 5.15. The quantitative estimate of drug-likeness (QED) is 0.163. The maximum atomic E-state index is 10.4. The lowest BCUT2D eigenvalue weighted by Crippen LogP contribution is -1.93. The molecule has 1 N–H and O–H groups in total. The van der Waals surface area contributed by atoms with Gasteiger partial charge >= 0.3 is 5.97 Å². The van der Waals surface area contributed by atoms with Gasteiger partial charge in [-0.05, 0) is 32.1 Å². The van der Waals surface area contributed by atoms with Crippen LogP contribution < -0.4 is 0 Å². The zero-order chi connectivity index (χ0) is 19.1. The molecule has 0 bridgehead atoms. The maximum Gasteiger partial charge on any atom is 0.303 e. The van der Waals surface area contributed by atoms with Crippen LogP contribution in [0, 0.1) is 0 Å². The van der Waals surface area contributed by atoms with Gasteiger partial charge in [-0.25, -0.2) is 0 Å². The zero-order valence-electron chi connectivity index (χ0n) is 17.7. The van der Waals surface area contributed by atoms with E-state index in [-0.39, 0.29) is 0 Å². The van der Waals surface area contributed by atoms with Crippen LogP contribution in [0.4, 0.5) is 0 Å². The predicted molar refractivity (Wildman–Crippen MR) is 115 cm³/mol. The van der Waals surface area contributed by atoms with Crippen molar-refractivity contribution in [1.82, 2.24) is 0 Å². The van der Waals surface area contributed by atoms with Gasteiger partial charge < -0.3 is 5.11 Å². The van der Waals surface area contributed by atoms with Gasteiger partial charge in [0.2, 0.25) is 0 Å². The number of unbranched alkanes of at least 4 members (excludes halogenated alkanes) is 17. The average molecular weight is 367 g/mol. The molecule has 0 heterocycles. The second kappa shape index (κ2) is 22.3. The van der Waals surface area contributed by atoms with Gasteiger partial charge in [0.15, 0.2) is 0 Å². The fourth-order valence-electron chi connectivity index (χ4n) is 3.41. The van der Waals surface area contributed by atoms with Crippen molar-refractivity contribution in [2.75, 3.05) is 0 Å². The standard InChI is InChI=1S/C24H46O2/c1-2-3-4-5-6-7-8-9-10-11-12-13-14-15-16-17-18-19-20-21-22-23-24(25)26/h7-8H,2-6,9-23H2,1H3,(H,25,26)/b8-7+. The van der Waals surface area contributed by atoms with Crippen LogP contribution in [0.5, 0.6) is 0 Å². The Hall–Kier alpha value is -0.790. The Morgan fingerprint density at radius 1 is 0.577 bits per heavy atom. The van der Waals surface area contributed by atoms with E-state index in [9.17, 15) is 4.79 Å². The molecule has 0 aliphatic rings. The van der Waals surface area contributed by atoms with E-state index < -0.39 is 5.97 Å². The average Bonchev–Trinajstić information content (AvgIpc) is 2.62. The van der Waals surface area contributed by atoms with Crippen molar-refractivity contribution >= 4 is 5.97 Å². The first-order valence-corrected chi connectivity index (χ1v) is 11.6. The van der Waals surface area contributed by atoms with Crippen LogP contribution in [-0.4, -0.2) is 11.1 Å². The van der Waals surface area contributed by atoms with Gasteiger partial charge in [-0.1, -0.05) is 109 Å². The van der Waals surface area contributed by atoms with Crippen LogP contribution in [0.3, 0.4) is 0 Å². The van der Waals surface area contributed by atoms with Crippen LogP contribution in [0.25, 0.3) is 0 Å². The molecule has 0 aromatic heterocycles. The highest BCUT2D eigenvalue weighted by molar-refractivity contribution is 5.66. The molecule has 2 heteroatoms. The lowest BCUT2D eigenvalue weighted by molar-refractivity contribution is -0.137. The molecule has 26 heavy (non-hydrogen) atoms. The van der Waals surface area contributed by atoms with E-state index in [0.29, 0.717) is 6.42 Å². The number of allylic oxidation sites excluding steroid dienone is 2. The second-order valence-corrected chi connectivity index (χ2v) is 7.85. The third-order valence-electron chi connectivity index (χ3n) is 5.15. The second-order valence-electron chi connectivity index (χ2n) is 7.85. The van der Waals surface area contributed by atoms with Crippen LogP contribution in [0.15, 0.2) is 12.2 Å². The summed E-state index contributed by atoms with van der Waals surface area (Å²) >= 11 is 0. The monoisotopic (exact) mass is 366 g/mol. The van der Waals surface area contributed by atoms with E-state index in [1.165, 1.54) is 109 Å². The summed E-state index contributed by atoms with van der Waals surface area (Å²) in [5.41, 5.74) is 0. The van der Waals surface area contributed by atoms with Crippen LogP contribution in [0.2, 0.25) is 0 Å². The van der Waals surface area contributed by atoms with Crippen molar-refractivity contribution in [2.45, 2.75) is 135 Å². The van der Waals surface area contributed by atoms with Crippen molar-refractivity contribution in [3.8, 4) is 0 Å². The summed E-state index contributed by atoms with van der Waals surface area (Å²) in [7, 11) is 0. The molecule has 0 radical (unpaired) electrons. The molecule has 154 valence electrons. The molecule has 0 fully saturated rings. The number of carboxylic acid groups (broad SMARTS) is 1. The molecule has 0 aromatic carbocycles. The summed E-state index contributed by atoms with van der Waals surface area (Å²) in [5.74, 6) is -0.653. The fourth-order valence-corrected chi connectivity index (χ4v) is 3.41. The number of carboxylic acids is 1. The fraction of sp³-hybridized carbons (Fsp3) is 0.875. The first-order chi connectivity index (χ1) is 12.8. The Morgan fingerprint density at radius 2 is 0.923 bits per heavy atom. The number of hydrogen-bond donors (Lipinski definition) is 1. The van der Waals surface area contributed by atoms with E-state index in [1.54, 1.807) is 0 Å². The topological polar surface area (TPSA) is 37.3 Å². The largest absolute Gasteiger partial charge is 0.481 e. The first kappa shape index (κ1) is 25.2. The molecular formula is C24H46O2. The smallest absolute Gasteiger partial charge is 0.303 e. The van der Waals surface area contributed by atoms with Crippen LogP contribution in [-0.2, 0) is 4.79 Å². The van der Waals surface area contributed by atoms with Gasteiger partial charge in [0.1, 0.15) is 0 Å². The Kier molecular flexibility index (Phi) is 21.6. The highest BCUT2D eigenvalue weighted by atomic mass is 16.4. The van der Waals surface area contributed by atoms with E-state index in [4.69, 9.17) is 5.11 Å². The van der Waals surface area contributed by atoms with E-state index in [1.807, 2.05) is 0 Å². The lowest BCUT2D eigenvalue weighted by atomic mass is 10.0. The number of rotatable bonds is 21. The van der Waals surface area contributed by atoms with Gasteiger partial charge in [0.25, 0.3) is 0 Å². The van der Waals surface area contributed by atoms with Crippen molar-refractivity contribution in [1.29, 1.82) is 0 Å². The van der Waals surface area contributed by atoms with Crippen molar-refractivity contribution in [2.24, 2.45) is 0 Å². The van der Waals surface area contributed by atoms with Crippen molar-refractivity contribution < 1.29 is 9.90 Å². The normalized spacial score (nSPS) is 11.4. The molecule has 0 atom stereocenters. The van der Waals surface area contributed by atoms with Gasteiger partial charge in [-0.15, -0.1) is 0 Å². The van der Waals surface area contributed by atoms with Crippen LogP contribution >= 0.6 is 0 Å². The van der Waals surface area contributed by atoms with Crippen LogP contribution in [0.1, 0.15) is 135 Å². The summed E-state index contributed by atoms with van der Waals surface area (Å²) in [6, 6.07) is 0. The Morgan fingerprint density at radius 3 is 1.31 bits per heavy atom. The van der Waals surface area contributed by atoms with Gasteiger partial charge in [-0.2, -0.15) is 0 Å². The number of carbonyl (C=O) groups is 1. The summed E-state index contributed by atoms with van der Waals surface area (Å²) in [6.45, 7) is 2.27. The lowest BCUT2D eigenvalue weighted by Gasteiger charge is -2.03. The maximum absolute atomic E-state index is 10.4. The SMILES string of the molecule is CCCCCC/C=C/CCCCCCCCCCCCCCCC(=O)O. The summed E-state index contributed by atoms with van der Waals surface area (Å²) in [5, 5.41) is 8.57. The number of aliphatic carboxylic acids is 1. The minimum absolute atomic E-state index is 0.343. The Bertz CT molecular complexity index is 309. The predicted octanol–water partition coefficient (Wildman–Crippen LogP) is 8.45. The molecule has 0 rings (SSSR count). The summed E-state index contributed by atoms with van der Waals surface area (Å²) < 4.78 is 0. The van der Waals surface area contributed by atoms with E-state index in [0.717, 1.165) is 12.8 Å². The molecule has 0 saturated carbocycles. The molecular weight excluding hydrogens is 320 g/mol. The number of hydrogen-bond acceptors (Lipinski definition) is 1. The molecule has 0 aliphatic carbocycles. The van der Waals surface area contributed by atoms with Gasteiger partial charge in [0, 0.05) is 6.42 Å². The third kappa shape index (κ3) is 23.2. The molecule has 0 amide bonds. The Balaban J connectivity index is 3.05. The molecule has 0 unspecified atom stereocenters. The van der Waals surface area contributed by atoms with Crippen molar-refractivity contribution in [3.63, 3.8) is 0 Å². The van der Waals surface area contributed by atoms with E-state index in [2.05, 4.69) is 19.1 Å². The summed E-state index contributed by atoms with van der Waals surface area (Å²) in [6.07, 6.45) is 30.1. The summed E-state index contributed by atoms with van der Waals surface area (Å²) in [4.78, 5) is 10.4. The van der Waals surface area contributed by atoms with Crippen molar-refractivity contribution in [3.05, 3.63) is 12.2 Å². The highest BCUT2D eigenvalue weighted by Gasteiger charge is 1.97. The molecule has 0 spiro atoms. The van der Waals surface area contributed by atoms with E-state index >= 15 is 0 Å². The Labute approximate surface area is 163 Å². The highest BCUT2D eigenvalue weighted by Crippen LogP contribution is 2.13. The molecule has 0 saturated heterocycles. The minimum Gasteiger partial charge on any atom is -0.481 e. The molecule has 2 nitrogen and oxygen atoms in total.